The second kappa shape index (κ2) is 3.96. The van der Waals surface area contributed by atoms with Gasteiger partial charge in [-0.3, -0.25) is 0 Å². The third kappa shape index (κ3) is 2.75. The van der Waals surface area contributed by atoms with Crippen molar-refractivity contribution in [1.29, 1.82) is 0 Å². The van der Waals surface area contributed by atoms with Crippen molar-refractivity contribution in [2.24, 2.45) is 5.73 Å². The number of halogens is 3. The second-order valence-electron chi connectivity index (χ2n) is 3.49. The highest BCUT2D eigenvalue weighted by atomic mass is 19.4. The topological polar surface area (TPSA) is 26.0 Å². The van der Waals surface area contributed by atoms with E-state index in [0.717, 1.165) is 17.7 Å². The van der Waals surface area contributed by atoms with Crippen LogP contribution in [0.15, 0.2) is 29.8 Å². The Kier molecular flexibility index (Phi) is 3.07. The molecule has 2 N–H and O–H groups in total. The van der Waals surface area contributed by atoms with Crippen LogP contribution in [0.2, 0.25) is 0 Å². The highest BCUT2D eigenvalue weighted by molar-refractivity contribution is 5.65. The second-order valence-corrected chi connectivity index (χ2v) is 3.49. The fourth-order valence-electron chi connectivity index (χ4n) is 1.13. The van der Waals surface area contributed by atoms with Crippen LogP contribution in [0.5, 0.6) is 0 Å². The third-order valence-corrected chi connectivity index (χ3v) is 2.06. The molecular formula is C11H12F3N. The van der Waals surface area contributed by atoms with Crippen LogP contribution in [0.4, 0.5) is 13.2 Å². The van der Waals surface area contributed by atoms with Crippen molar-refractivity contribution >= 4 is 5.70 Å². The average Bonchev–Trinajstić information content (AvgIpc) is 2.15. The first-order valence-corrected chi connectivity index (χ1v) is 4.43. The van der Waals surface area contributed by atoms with E-state index in [1.54, 1.807) is 0 Å². The smallest absolute Gasteiger partial charge is 0.398 e. The predicted molar refractivity (Wildman–Crippen MR) is 53.9 cm³/mol. The van der Waals surface area contributed by atoms with Gasteiger partial charge in [0.05, 0.1) is 5.56 Å². The van der Waals surface area contributed by atoms with Crippen molar-refractivity contribution in [3.63, 3.8) is 0 Å². The Morgan fingerprint density at radius 3 is 1.87 bits per heavy atom. The van der Waals surface area contributed by atoms with Gasteiger partial charge in [0.25, 0.3) is 0 Å². The Labute approximate surface area is 86.4 Å². The van der Waals surface area contributed by atoms with Crippen LogP contribution in [0, 0.1) is 0 Å². The largest absolute Gasteiger partial charge is 0.416 e. The summed E-state index contributed by atoms with van der Waals surface area (Å²) in [6.07, 6.45) is -4.29. The first-order chi connectivity index (χ1) is 6.82. The number of allylic oxidation sites excluding steroid dienone is 1. The summed E-state index contributed by atoms with van der Waals surface area (Å²) in [5.41, 5.74) is 7.05. The summed E-state index contributed by atoms with van der Waals surface area (Å²) in [5.74, 6) is 0. The summed E-state index contributed by atoms with van der Waals surface area (Å²) in [5, 5.41) is 0. The Morgan fingerprint density at radius 1 is 1.07 bits per heavy atom. The van der Waals surface area contributed by atoms with E-state index in [1.807, 2.05) is 13.8 Å². The van der Waals surface area contributed by atoms with Gasteiger partial charge in [-0.15, -0.1) is 0 Å². The van der Waals surface area contributed by atoms with Crippen LogP contribution in [0.1, 0.15) is 25.0 Å². The number of hydrogen-bond donors (Lipinski definition) is 1. The Hall–Kier alpha value is -1.45. The molecule has 0 aliphatic rings. The molecular weight excluding hydrogens is 203 g/mol. The van der Waals surface area contributed by atoms with Gasteiger partial charge >= 0.3 is 6.18 Å². The maximum absolute atomic E-state index is 12.2. The minimum Gasteiger partial charge on any atom is -0.398 e. The van der Waals surface area contributed by atoms with E-state index in [2.05, 4.69) is 0 Å². The van der Waals surface area contributed by atoms with Crippen LogP contribution < -0.4 is 5.73 Å². The van der Waals surface area contributed by atoms with E-state index in [9.17, 15) is 13.2 Å². The normalized spacial score (nSPS) is 11.3. The summed E-state index contributed by atoms with van der Waals surface area (Å²) in [4.78, 5) is 0. The maximum atomic E-state index is 12.2. The molecule has 0 aliphatic carbocycles. The van der Waals surface area contributed by atoms with Gasteiger partial charge in [-0.25, -0.2) is 0 Å². The molecule has 1 rings (SSSR count). The lowest BCUT2D eigenvalue weighted by molar-refractivity contribution is -0.137. The highest BCUT2D eigenvalue weighted by Crippen LogP contribution is 2.29. The van der Waals surface area contributed by atoms with Crippen LogP contribution in [-0.2, 0) is 6.18 Å². The minimum atomic E-state index is -4.29. The molecule has 4 heteroatoms. The molecule has 0 atom stereocenters. The van der Waals surface area contributed by atoms with Gasteiger partial charge in [0.1, 0.15) is 0 Å². The molecule has 0 heterocycles. The molecule has 0 saturated carbocycles. The van der Waals surface area contributed by atoms with Crippen LogP contribution in [0.25, 0.3) is 5.70 Å². The molecule has 1 aromatic carbocycles. The minimum absolute atomic E-state index is 0.517. The molecule has 0 fully saturated rings. The van der Waals surface area contributed by atoms with Crippen molar-refractivity contribution in [2.45, 2.75) is 20.0 Å². The molecule has 15 heavy (non-hydrogen) atoms. The van der Waals surface area contributed by atoms with Crippen molar-refractivity contribution in [2.75, 3.05) is 0 Å². The van der Waals surface area contributed by atoms with Crippen LogP contribution >= 0.6 is 0 Å². The first kappa shape index (κ1) is 11.6. The zero-order chi connectivity index (χ0) is 11.6. The van der Waals surface area contributed by atoms with Crippen molar-refractivity contribution in [3.8, 4) is 0 Å². The van der Waals surface area contributed by atoms with E-state index < -0.39 is 11.7 Å². The molecule has 1 nitrogen and oxygen atoms in total. The predicted octanol–water partition coefficient (Wildman–Crippen LogP) is 3.42. The lowest BCUT2D eigenvalue weighted by Crippen LogP contribution is -2.05. The summed E-state index contributed by atoms with van der Waals surface area (Å²) >= 11 is 0. The monoisotopic (exact) mass is 215 g/mol. The highest BCUT2D eigenvalue weighted by Gasteiger charge is 2.29. The van der Waals surface area contributed by atoms with Gasteiger partial charge in [0.2, 0.25) is 0 Å². The van der Waals surface area contributed by atoms with Crippen molar-refractivity contribution < 1.29 is 13.2 Å². The first-order valence-electron chi connectivity index (χ1n) is 4.43. The zero-order valence-electron chi connectivity index (χ0n) is 8.52. The maximum Gasteiger partial charge on any atom is 0.416 e. The fraction of sp³-hybridized carbons (Fsp3) is 0.273. The lowest BCUT2D eigenvalue weighted by atomic mass is 10.1. The molecule has 0 aliphatic heterocycles. The van der Waals surface area contributed by atoms with Gasteiger partial charge in [-0.05, 0) is 31.5 Å². The van der Waals surface area contributed by atoms with E-state index >= 15 is 0 Å². The SMILES string of the molecule is CC(C)=C(N)c1ccc(C(F)(F)F)cc1. The van der Waals surface area contributed by atoms with Crippen LogP contribution in [-0.4, -0.2) is 0 Å². The third-order valence-electron chi connectivity index (χ3n) is 2.06. The molecule has 0 aromatic heterocycles. The summed E-state index contributed by atoms with van der Waals surface area (Å²) in [6.45, 7) is 3.63. The number of hydrogen-bond acceptors (Lipinski definition) is 1. The molecule has 0 spiro atoms. The quantitative estimate of drug-likeness (QED) is 0.763. The summed E-state index contributed by atoms with van der Waals surface area (Å²) in [6, 6.07) is 4.83. The Balaban J connectivity index is 3.07. The van der Waals surface area contributed by atoms with E-state index in [0.29, 0.717) is 11.3 Å². The number of rotatable bonds is 1. The van der Waals surface area contributed by atoms with Crippen molar-refractivity contribution in [3.05, 3.63) is 41.0 Å². The van der Waals surface area contributed by atoms with E-state index in [4.69, 9.17) is 5.73 Å². The molecule has 1 aromatic rings. The standard InChI is InChI=1S/C11H12F3N/c1-7(2)10(15)8-3-5-9(6-4-8)11(12,13)14/h3-6H,15H2,1-2H3. The van der Waals surface area contributed by atoms with Gasteiger partial charge in [0, 0.05) is 5.70 Å². The van der Waals surface area contributed by atoms with Gasteiger partial charge < -0.3 is 5.73 Å². The molecule has 0 bridgehead atoms. The summed E-state index contributed by atoms with van der Waals surface area (Å²) in [7, 11) is 0. The fourth-order valence-corrected chi connectivity index (χ4v) is 1.13. The Bertz CT molecular complexity index is 370. The summed E-state index contributed by atoms with van der Waals surface area (Å²) < 4.78 is 36.7. The van der Waals surface area contributed by atoms with Gasteiger partial charge in [-0.2, -0.15) is 13.2 Å². The average molecular weight is 215 g/mol. The molecule has 0 radical (unpaired) electrons. The van der Waals surface area contributed by atoms with E-state index in [-0.39, 0.29) is 0 Å². The van der Waals surface area contributed by atoms with Gasteiger partial charge in [0.15, 0.2) is 0 Å². The molecule has 0 amide bonds. The molecule has 0 unspecified atom stereocenters. The zero-order valence-corrected chi connectivity index (χ0v) is 8.52. The van der Waals surface area contributed by atoms with Crippen LogP contribution in [0.3, 0.4) is 0 Å². The molecule has 82 valence electrons. The number of alkyl halides is 3. The van der Waals surface area contributed by atoms with E-state index in [1.165, 1.54) is 12.1 Å². The van der Waals surface area contributed by atoms with Gasteiger partial charge in [-0.1, -0.05) is 17.7 Å². The number of benzene rings is 1. The number of nitrogens with two attached hydrogens (primary N) is 1. The Morgan fingerprint density at radius 2 is 1.53 bits per heavy atom. The molecule has 0 saturated heterocycles. The van der Waals surface area contributed by atoms with Crippen molar-refractivity contribution in [1.82, 2.24) is 0 Å². The lowest BCUT2D eigenvalue weighted by Gasteiger charge is -2.08.